The summed E-state index contributed by atoms with van der Waals surface area (Å²) < 4.78 is 5.85. The van der Waals surface area contributed by atoms with E-state index < -0.39 is 6.10 Å². The van der Waals surface area contributed by atoms with Crippen molar-refractivity contribution in [2.24, 2.45) is 5.92 Å². The number of amides is 2. The second-order valence-electron chi connectivity index (χ2n) is 6.88. The second kappa shape index (κ2) is 6.71. The number of likely N-dealkylation sites (tertiary alicyclic amines) is 1. The van der Waals surface area contributed by atoms with E-state index in [1.807, 2.05) is 18.7 Å². The lowest BCUT2D eigenvalue weighted by Crippen LogP contribution is -2.52. The highest BCUT2D eigenvalue weighted by molar-refractivity contribution is 6.04. The van der Waals surface area contributed by atoms with Gasteiger partial charge in [-0.1, -0.05) is 13.8 Å². The van der Waals surface area contributed by atoms with Crippen LogP contribution >= 0.6 is 0 Å². The Morgan fingerprint density at radius 3 is 2.67 bits per heavy atom. The van der Waals surface area contributed by atoms with Crippen molar-refractivity contribution in [3.63, 3.8) is 0 Å². The third-order valence-corrected chi connectivity index (χ3v) is 4.65. The molecule has 0 saturated carbocycles. The van der Waals surface area contributed by atoms with Crippen molar-refractivity contribution in [2.45, 2.75) is 39.2 Å². The number of hydrogen-bond acceptors (Lipinski definition) is 4. The molecule has 1 fully saturated rings. The molecule has 0 bridgehead atoms. The summed E-state index contributed by atoms with van der Waals surface area (Å²) in [5.74, 6) is 0.419. The summed E-state index contributed by atoms with van der Waals surface area (Å²) in [6.45, 7) is 5.48. The fraction of sp³-hybridized carbons (Fsp3) is 0.556. The highest BCUT2D eigenvalue weighted by Gasteiger charge is 2.37. The Morgan fingerprint density at radius 1 is 1.29 bits per heavy atom. The van der Waals surface area contributed by atoms with Crippen molar-refractivity contribution in [1.82, 2.24) is 4.90 Å². The molecular weight excluding hydrogens is 306 g/mol. The molecule has 2 aliphatic heterocycles. The number of ether oxygens (including phenoxy) is 1. The minimum absolute atomic E-state index is 0.00442. The predicted octanol–water partition coefficient (Wildman–Crippen LogP) is 2.03. The zero-order valence-electron chi connectivity index (χ0n) is 14.3. The summed E-state index contributed by atoms with van der Waals surface area (Å²) >= 11 is 0. The van der Waals surface area contributed by atoms with Crippen molar-refractivity contribution in [3.8, 4) is 5.75 Å². The number of nitrogen functional groups attached to an aromatic ring is 1. The first-order chi connectivity index (χ1) is 11.5. The van der Waals surface area contributed by atoms with Gasteiger partial charge in [-0.15, -0.1) is 0 Å². The molecule has 130 valence electrons. The van der Waals surface area contributed by atoms with Crippen LogP contribution in [-0.4, -0.2) is 42.5 Å². The lowest BCUT2D eigenvalue weighted by atomic mass is 10.0. The fourth-order valence-corrected chi connectivity index (χ4v) is 3.27. The maximum atomic E-state index is 12.8. The normalized spacial score (nSPS) is 20.8. The van der Waals surface area contributed by atoms with Crippen LogP contribution in [0.15, 0.2) is 18.2 Å². The van der Waals surface area contributed by atoms with Crippen LogP contribution in [-0.2, 0) is 9.59 Å². The number of hydrogen-bond donors (Lipinski definition) is 1. The van der Waals surface area contributed by atoms with Crippen molar-refractivity contribution >= 4 is 23.2 Å². The second-order valence-corrected chi connectivity index (χ2v) is 6.88. The van der Waals surface area contributed by atoms with Crippen molar-refractivity contribution in [2.75, 3.05) is 30.3 Å². The summed E-state index contributed by atoms with van der Waals surface area (Å²) in [5.41, 5.74) is 7.04. The van der Waals surface area contributed by atoms with Gasteiger partial charge in [0.2, 0.25) is 5.91 Å². The van der Waals surface area contributed by atoms with E-state index in [1.54, 1.807) is 23.1 Å². The van der Waals surface area contributed by atoms with E-state index >= 15 is 0 Å². The molecule has 0 spiro atoms. The minimum atomic E-state index is -0.589. The number of rotatable bonds is 3. The van der Waals surface area contributed by atoms with Crippen LogP contribution in [0.4, 0.5) is 11.4 Å². The Morgan fingerprint density at radius 2 is 2.00 bits per heavy atom. The molecule has 3 rings (SSSR count). The molecular formula is C18H25N3O3. The van der Waals surface area contributed by atoms with Crippen LogP contribution in [0.1, 0.15) is 33.1 Å². The van der Waals surface area contributed by atoms with Crippen LogP contribution in [0.3, 0.4) is 0 Å². The molecule has 2 N–H and O–H groups in total. The standard InChI is InChI=1S/C18H25N3O3/c1-12(2)17-18(23)21(11-16(22)20-8-4-3-5-9-20)14-7-6-13(19)10-15(14)24-17/h6-7,10,12,17H,3-5,8-9,11,19H2,1-2H3. The number of fused-ring (bicyclic) bond motifs is 1. The Labute approximate surface area is 142 Å². The average Bonchev–Trinajstić information content (AvgIpc) is 2.57. The summed E-state index contributed by atoms with van der Waals surface area (Å²) in [7, 11) is 0. The van der Waals surface area contributed by atoms with E-state index in [4.69, 9.17) is 10.5 Å². The summed E-state index contributed by atoms with van der Waals surface area (Å²) in [4.78, 5) is 28.9. The molecule has 1 atom stereocenters. The van der Waals surface area contributed by atoms with E-state index in [1.165, 1.54) is 0 Å². The van der Waals surface area contributed by atoms with Crippen molar-refractivity contribution in [1.29, 1.82) is 0 Å². The highest BCUT2D eigenvalue weighted by atomic mass is 16.5. The van der Waals surface area contributed by atoms with E-state index in [0.717, 1.165) is 32.4 Å². The van der Waals surface area contributed by atoms with Gasteiger partial charge in [0.15, 0.2) is 6.10 Å². The molecule has 2 heterocycles. The van der Waals surface area contributed by atoms with Gasteiger partial charge in [-0.2, -0.15) is 0 Å². The lowest BCUT2D eigenvalue weighted by molar-refractivity contribution is -0.134. The highest BCUT2D eigenvalue weighted by Crippen LogP contribution is 2.37. The van der Waals surface area contributed by atoms with Gasteiger partial charge in [0.25, 0.3) is 5.91 Å². The first kappa shape index (κ1) is 16.6. The maximum absolute atomic E-state index is 12.8. The number of anilines is 2. The number of benzene rings is 1. The molecule has 6 nitrogen and oxygen atoms in total. The molecule has 1 unspecified atom stereocenters. The van der Waals surface area contributed by atoms with Crippen LogP contribution in [0.5, 0.6) is 5.75 Å². The van der Waals surface area contributed by atoms with Gasteiger partial charge in [0, 0.05) is 24.8 Å². The Bertz CT molecular complexity index is 638. The van der Waals surface area contributed by atoms with Crippen molar-refractivity contribution in [3.05, 3.63) is 18.2 Å². The molecule has 2 amide bonds. The molecule has 1 saturated heterocycles. The first-order valence-electron chi connectivity index (χ1n) is 8.62. The Kier molecular flexibility index (Phi) is 4.64. The van der Waals surface area contributed by atoms with Gasteiger partial charge >= 0.3 is 0 Å². The van der Waals surface area contributed by atoms with Crippen LogP contribution in [0, 0.1) is 5.92 Å². The predicted molar refractivity (Wildman–Crippen MR) is 92.9 cm³/mol. The summed E-state index contributed by atoms with van der Waals surface area (Å²) in [6, 6.07) is 5.20. The molecule has 0 aliphatic carbocycles. The van der Waals surface area contributed by atoms with Gasteiger partial charge in [0.05, 0.1) is 5.69 Å². The molecule has 0 radical (unpaired) electrons. The Balaban J connectivity index is 1.86. The van der Waals surface area contributed by atoms with E-state index in [9.17, 15) is 9.59 Å². The van der Waals surface area contributed by atoms with Crippen LogP contribution < -0.4 is 15.4 Å². The van der Waals surface area contributed by atoms with Gasteiger partial charge in [-0.3, -0.25) is 14.5 Å². The van der Waals surface area contributed by atoms with E-state index in [0.29, 0.717) is 17.1 Å². The van der Waals surface area contributed by atoms with Crippen LogP contribution in [0.25, 0.3) is 0 Å². The quantitative estimate of drug-likeness (QED) is 0.860. The zero-order chi connectivity index (χ0) is 17.3. The summed E-state index contributed by atoms with van der Waals surface area (Å²) in [6.07, 6.45) is 2.64. The van der Waals surface area contributed by atoms with Crippen LogP contribution in [0.2, 0.25) is 0 Å². The third-order valence-electron chi connectivity index (χ3n) is 4.65. The zero-order valence-corrected chi connectivity index (χ0v) is 14.3. The summed E-state index contributed by atoms with van der Waals surface area (Å²) in [5, 5.41) is 0. The third kappa shape index (κ3) is 3.18. The molecule has 1 aromatic rings. The number of nitrogens with two attached hydrogens (primary N) is 1. The number of piperidine rings is 1. The SMILES string of the molecule is CC(C)C1Oc2cc(N)ccc2N(CC(=O)N2CCCCC2)C1=O. The smallest absolute Gasteiger partial charge is 0.268 e. The average molecular weight is 331 g/mol. The topological polar surface area (TPSA) is 75.9 Å². The van der Waals surface area contributed by atoms with Gasteiger partial charge in [-0.25, -0.2) is 0 Å². The van der Waals surface area contributed by atoms with Gasteiger partial charge in [-0.05, 0) is 37.3 Å². The van der Waals surface area contributed by atoms with Gasteiger partial charge < -0.3 is 15.4 Å². The number of nitrogens with zero attached hydrogens (tertiary/aromatic N) is 2. The minimum Gasteiger partial charge on any atom is -0.478 e. The molecule has 24 heavy (non-hydrogen) atoms. The lowest BCUT2D eigenvalue weighted by Gasteiger charge is -2.37. The van der Waals surface area contributed by atoms with E-state index in [2.05, 4.69) is 0 Å². The van der Waals surface area contributed by atoms with E-state index in [-0.39, 0.29) is 24.3 Å². The maximum Gasteiger partial charge on any atom is 0.268 e. The molecule has 6 heteroatoms. The van der Waals surface area contributed by atoms with Crippen molar-refractivity contribution < 1.29 is 14.3 Å². The molecule has 2 aliphatic rings. The largest absolute Gasteiger partial charge is 0.478 e. The number of carbonyl (C=O) groups excluding carboxylic acids is 2. The monoisotopic (exact) mass is 331 g/mol. The van der Waals surface area contributed by atoms with Gasteiger partial charge in [0.1, 0.15) is 12.3 Å². The fourth-order valence-electron chi connectivity index (χ4n) is 3.27. The number of carbonyl (C=O) groups is 2. The molecule has 1 aromatic carbocycles. The Hall–Kier alpha value is -2.24. The first-order valence-corrected chi connectivity index (χ1v) is 8.62. The molecule has 0 aromatic heterocycles.